The third kappa shape index (κ3) is 1.62. The van der Waals surface area contributed by atoms with Crippen LogP contribution in [-0.4, -0.2) is 21.9 Å². The van der Waals surface area contributed by atoms with Gasteiger partial charge in [-0.2, -0.15) is 0 Å². The zero-order valence-corrected chi connectivity index (χ0v) is 9.17. The fourth-order valence-electron chi connectivity index (χ4n) is 2.95. The molecule has 1 aliphatic rings. The Hall–Kier alpha value is -0.0800. The predicted octanol–water partition coefficient (Wildman–Crippen LogP) is 1.94. The van der Waals surface area contributed by atoms with Crippen LogP contribution in [0.25, 0.3) is 0 Å². The summed E-state index contributed by atoms with van der Waals surface area (Å²) in [6, 6.07) is 0. The van der Waals surface area contributed by atoms with Crippen molar-refractivity contribution in [2.75, 3.05) is 0 Å². The molecule has 0 bridgehead atoms. The highest BCUT2D eigenvalue weighted by molar-refractivity contribution is 5.01. The Kier molecular flexibility index (Phi) is 2.75. The number of aliphatic hydroxyl groups is 2. The van der Waals surface area contributed by atoms with E-state index >= 15 is 0 Å². The molecule has 13 heavy (non-hydrogen) atoms. The summed E-state index contributed by atoms with van der Waals surface area (Å²) in [4.78, 5) is 0. The molecule has 1 rings (SSSR count). The third-order valence-electron chi connectivity index (χ3n) is 3.90. The molecule has 0 radical (unpaired) electrons. The molecule has 0 spiro atoms. The van der Waals surface area contributed by atoms with Crippen molar-refractivity contribution in [1.29, 1.82) is 0 Å². The number of hydrogen-bond donors (Lipinski definition) is 2. The van der Waals surface area contributed by atoms with Gasteiger partial charge in [-0.15, -0.1) is 0 Å². The number of hydrogen-bond acceptors (Lipinski definition) is 2. The van der Waals surface area contributed by atoms with Crippen LogP contribution in [-0.2, 0) is 0 Å². The second-order valence-corrected chi connectivity index (χ2v) is 5.16. The lowest BCUT2D eigenvalue weighted by Gasteiger charge is -2.51. The van der Waals surface area contributed by atoms with E-state index in [4.69, 9.17) is 0 Å². The first-order chi connectivity index (χ1) is 5.83. The lowest BCUT2D eigenvalue weighted by atomic mass is 9.59. The summed E-state index contributed by atoms with van der Waals surface area (Å²) < 4.78 is 0. The van der Waals surface area contributed by atoms with E-state index in [1.165, 1.54) is 0 Å². The highest BCUT2D eigenvalue weighted by Gasteiger charge is 2.50. The van der Waals surface area contributed by atoms with Gasteiger partial charge >= 0.3 is 0 Å². The van der Waals surface area contributed by atoms with Crippen molar-refractivity contribution in [2.45, 2.75) is 58.7 Å². The Morgan fingerprint density at radius 3 is 2.31 bits per heavy atom. The summed E-state index contributed by atoms with van der Waals surface area (Å²) in [5, 5.41) is 20.1. The zero-order chi connectivity index (χ0) is 10.3. The van der Waals surface area contributed by atoms with Gasteiger partial charge in [-0.1, -0.05) is 27.7 Å². The quantitative estimate of drug-likeness (QED) is 0.657. The lowest BCUT2D eigenvalue weighted by molar-refractivity contribution is -0.161. The van der Waals surface area contributed by atoms with Gasteiger partial charge < -0.3 is 10.2 Å². The van der Waals surface area contributed by atoms with Crippen LogP contribution in [0.4, 0.5) is 0 Å². The molecule has 0 aromatic heterocycles. The topological polar surface area (TPSA) is 40.5 Å². The number of aliphatic hydroxyl groups excluding tert-OH is 1. The van der Waals surface area contributed by atoms with Crippen LogP contribution >= 0.6 is 0 Å². The highest BCUT2D eigenvalue weighted by atomic mass is 16.3. The molecule has 2 N–H and O–H groups in total. The van der Waals surface area contributed by atoms with Crippen molar-refractivity contribution in [3.8, 4) is 0 Å². The van der Waals surface area contributed by atoms with E-state index in [9.17, 15) is 10.2 Å². The molecule has 0 aromatic carbocycles. The molecule has 78 valence electrons. The van der Waals surface area contributed by atoms with Crippen LogP contribution < -0.4 is 0 Å². The summed E-state index contributed by atoms with van der Waals surface area (Å²) in [6.45, 7) is 8.16. The Balaban J connectivity index is 2.92. The van der Waals surface area contributed by atoms with Crippen LogP contribution in [0.15, 0.2) is 0 Å². The third-order valence-corrected chi connectivity index (χ3v) is 3.90. The van der Waals surface area contributed by atoms with E-state index in [1.54, 1.807) is 0 Å². The van der Waals surface area contributed by atoms with E-state index in [1.807, 2.05) is 13.8 Å². The van der Waals surface area contributed by atoms with Crippen LogP contribution in [0.2, 0.25) is 0 Å². The second kappa shape index (κ2) is 3.25. The molecule has 3 atom stereocenters. The second-order valence-electron chi connectivity index (χ2n) is 5.16. The first-order valence-electron chi connectivity index (χ1n) is 5.24. The summed E-state index contributed by atoms with van der Waals surface area (Å²) in [5.74, 6) is 0.191. The monoisotopic (exact) mass is 186 g/mol. The summed E-state index contributed by atoms with van der Waals surface area (Å²) in [6.07, 6.45) is 1.97. The maximum atomic E-state index is 10.5. The van der Waals surface area contributed by atoms with Crippen LogP contribution in [0, 0.1) is 11.3 Å². The van der Waals surface area contributed by atoms with Gasteiger partial charge in [-0.3, -0.25) is 0 Å². The molecule has 1 aliphatic carbocycles. The van der Waals surface area contributed by atoms with E-state index in [0.29, 0.717) is 6.42 Å². The summed E-state index contributed by atoms with van der Waals surface area (Å²) in [5.41, 5.74) is -0.773. The van der Waals surface area contributed by atoms with Gasteiger partial charge in [-0.25, -0.2) is 0 Å². The molecular formula is C11H22O2. The Morgan fingerprint density at radius 2 is 1.92 bits per heavy atom. The maximum absolute atomic E-state index is 10.5. The van der Waals surface area contributed by atoms with Crippen molar-refractivity contribution in [2.24, 2.45) is 11.3 Å². The highest BCUT2D eigenvalue weighted by Crippen LogP contribution is 2.48. The van der Waals surface area contributed by atoms with Gasteiger partial charge in [0.2, 0.25) is 0 Å². The Morgan fingerprint density at radius 1 is 1.38 bits per heavy atom. The van der Waals surface area contributed by atoms with E-state index in [2.05, 4.69) is 13.8 Å². The van der Waals surface area contributed by atoms with Crippen molar-refractivity contribution < 1.29 is 10.2 Å². The van der Waals surface area contributed by atoms with Gasteiger partial charge in [0.1, 0.15) is 0 Å². The first-order valence-corrected chi connectivity index (χ1v) is 5.24. The van der Waals surface area contributed by atoms with Gasteiger partial charge in [0.05, 0.1) is 11.7 Å². The smallest absolute Gasteiger partial charge is 0.0723 e. The fraction of sp³-hybridized carbons (Fsp3) is 1.00. The summed E-state index contributed by atoms with van der Waals surface area (Å²) in [7, 11) is 0. The minimum atomic E-state index is -0.605. The normalized spacial score (nSPS) is 44.8. The summed E-state index contributed by atoms with van der Waals surface area (Å²) >= 11 is 0. The molecule has 0 amide bonds. The standard InChI is InChI=1S/C11H22O2/c1-5-11(13)8(2)6-9(12)7-10(11,3)4/h8-9,12-13H,5-7H2,1-4H3/t8-,9+,11+/m0/s1. The average Bonchev–Trinajstić information content (AvgIpc) is 1.98. The predicted molar refractivity (Wildman–Crippen MR) is 53.4 cm³/mol. The van der Waals surface area contributed by atoms with Crippen molar-refractivity contribution in [3.05, 3.63) is 0 Å². The van der Waals surface area contributed by atoms with E-state index in [0.717, 1.165) is 12.8 Å². The number of rotatable bonds is 1. The minimum absolute atomic E-state index is 0.168. The molecule has 1 saturated carbocycles. The molecule has 2 nitrogen and oxygen atoms in total. The lowest BCUT2D eigenvalue weighted by Crippen LogP contribution is -2.55. The molecule has 0 unspecified atom stereocenters. The van der Waals surface area contributed by atoms with Gasteiger partial charge in [0.25, 0.3) is 0 Å². The molecule has 2 heteroatoms. The molecule has 0 aliphatic heterocycles. The van der Waals surface area contributed by atoms with Crippen molar-refractivity contribution in [1.82, 2.24) is 0 Å². The van der Waals surface area contributed by atoms with E-state index < -0.39 is 5.60 Å². The Labute approximate surface area is 81.0 Å². The molecule has 1 fully saturated rings. The molecule has 0 heterocycles. The van der Waals surface area contributed by atoms with Crippen LogP contribution in [0.1, 0.15) is 47.0 Å². The average molecular weight is 186 g/mol. The van der Waals surface area contributed by atoms with E-state index in [-0.39, 0.29) is 17.4 Å². The van der Waals surface area contributed by atoms with Crippen molar-refractivity contribution in [3.63, 3.8) is 0 Å². The Bertz CT molecular complexity index is 189. The van der Waals surface area contributed by atoms with Crippen molar-refractivity contribution >= 4 is 0 Å². The fourth-order valence-corrected chi connectivity index (χ4v) is 2.95. The van der Waals surface area contributed by atoms with Crippen LogP contribution in [0.5, 0.6) is 0 Å². The first kappa shape index (κ1) is 11.0. The molecule has 0 saturated heterocycles. The largest absolute Gasteiger partial charge is 0.393 e. The SMILES string of the molecule is CC[C@@]1(O)[C@@H](C)C[C@@H](O)CC1(C)C. The van der Waals surface area contributed by atoms with Gasteiger partial charge in [0, 0.05) is 0 Å². The van der Waals surface area contributed by atoms with Gasteiger partial charge in [-0.05, 0) is 30.6 Å². The zero-order valence-electron chi connectivity index (χ0n) is 9.17. The van der Waals surface area contributed by atoms with Gasteiger partial charge in [0.15, 0.2) is 0 Å². The minimum Gasteiger partial charge on any atom is -0.393 e. The molecule has 0 aromatic rings. The maximum Gasteiger partial charge on any atom is 0.0723 e. The molecular weight excluding hydrogens is 164 g/mol. The van der Waals surface area contributed by atoms with Crippen LogP contribution in [0.3, 0.4) is 0 Å².